The molecule has 5 nitrogen and oxygen atoms in total. The molecule has 6 rings (SSSR count). The summed E-state index contributed by atoms with van der Waals surface area (Å²) in [6, 6.07) is 4.77. The smallest absolute Gasteiger partial charge is 0.150 e. The molecule has 1 aromatic carbocycles. The number of nitrogens with zero attached hydrogens (tertiary/aromatic N) is 3. The van der Waals surface area contributed by atoms with E-state index in [1.807, 2.05) is 6.20 Å². The second-order valence-corrected chi connectivity index (χ2v) is 11.5. The van der Waals surface area contributed by atoms with Crippen LogP contribution in [0.4, 0.5) is 0 Å². The van der Waals surface area contributed by atoms with Crippen molar-refractivity contribution in [1.82, 2.24) is 20.0 Å². The Hall–Kier alpha value is -2.76. The van der Waals surface area contributed by atoms with Crippen LogP contribution in [0, 0.1) is 12.8 Å². The Morgan fingerprint density at radius 2 is 1.95 bits per heavy atom. The molecule has 2 aliphatic carbocycles. The summed E-state index contributed by atoms with van der Waals surface area (Å²) in [5.41, 5.74) is 10.5. The van der Waals surface area contributed by atoms with Crippen LogP contribution in [0.15, 0.2) is 53.9 Å². The number of carbonyl (C=O) groups is 1. The van der Waals surface area contributed by atoms with E-state index in [1.54, 1.807) is 6.92 Å². The number of hydrogen-bond acceptors (Lipinski definition) is 4. The van der Waals surface area contributed by atoms with Crippen LogP contribution in [-0.2, 0) is 17.8 Å². The normalized spacial score (nSPS) is 25.7. The zero-order valence-electron chi connectivity index (χ0n) is 22.6. The van der Waals surface area contributed by atoms with Crippen molar-refractivity contribution in [3.05, 3.63) is 70.6 Å². The van der Waals surface area contributed by atoms with Gasteiger partial charge in [0.25, 0.3) is 0 Å². The van der Waals surface area contributed by atoms with Gasteiger partial charge in [0.05, 0.1) is 18.8 Å². The number of Topliss-reactive ketones (excluding diaryl/α,β-unsaturated/α-hetero) is 1. The number of carbonyl (C=O) groups excluding carboxylic acids is 1. The van der Waals surface area contributed by atoms with Gasteiger partial charge in [0.15, 0.2) is 5.78 Å². The molecule has 1 fully saturated rings. The van der Waals surface area contributed by atoms with E-state index in [0.29, 0.717) is 5.92 Å². The van der Waals surface area contributed by atoms with Crippen LogP contribution in [0.25, 0.3) is 16.7 Å². The lowest BCUT2D eigenvalue weighted by Crippen LogP contribution is -2.52. The monoisotopic (exact) mass is 496 g/mol. The van der Waals surface area contributed by atoms with Crippen molar-refractivity contribution in [1.29, 1.82) is 0 Å². The van der Waals surface area contributed by atoms with Gasteiger partial charge in [-0.3, -0.25) is 14.8 Å². The highest BCUT2D eigenvalue weighted by Crippen LogP contribution is 2.45. The van der Waals surface area contributed by atoms with Gasteiger partial charge in [0, 0.05) is 30.3 Å². The number of ketones is 1. The largest absolute Gasteiger partial charge is 0.301 e. The van der Waals surface area contributed by atoms with Gasteiger partial charge in [-0.1, -0.05) is 37.6 Å². The molecule has 4 aliphatic rings. The molecule has 5 heteroatoms. The number of nitrogens with one attached hydrogen (secondary N) is 1. The van der Waals surface area contributed by atoms with E-state index in [9.17, 15) is 4.79 Å². The highest BCUT2D eigenvalue weighted by Gasteiger charge is 2.40. The molecule has 0 bridgehead atoms. The van der Waals surface area contributed by atoms with E-state index in [0.717, 1.165) is 32.4 Å². The molecule has 0 radical (unpaired) electrons. The number of hydrogen-bond donors (Lipinski definition) is 1. The van der Waals surface area contributed by atoms with Crippen LogP contribution in [0.1, 0.15) is 62.6 Å². The van der Waals surface area contributed by atoms with Crippen molar-refractivity contribution in [3.63, 3.8) is 0 Å². The fourth-order valence-electron chi connectivity index (χ4n) is 7.05. The van der Waals surface area contributed by atoms with E-state index < -0.39 is 0 Å². The maximum absolute atomic E-state index is 12.8. The van der Waals surface area contributed by atoms with Gasteiger partial charge < -0.3 is 4.90 Å². The topological polar surface area (TPSA) is 50.2 Å². The highest BCUT2D eigenvalue weighted by atomic mass is 16.1. The number of benzene rings is 1. The third-order valence-corrected chi connectivity index (χ3v) is 9.00. The van der Waals surface area contributed by atoms with Crippen molar-refractivity contribution in [2.45, 2.75) is 77.9 Å². The van der Waals surface area contributed by atoms with Crippen LogP contribution in [0.5, 0.6) is 0 Å². The summed E-state index contributed by atoms with van der Waals surface area (Å²) >= 11 is 0. The lowest BCUT2D eigenvalue weighted by molar-refractivity contribution is -0.118. The third kappa shape index (κ3) is 4.68. The quantitative estimate of drug-likeness (QED) is 0.574. The lowest BCUT2D eigenvalue weighted by Gasteiger charge is -2.42. The van der Waals surface area contributed by atoms with Gasteiger partial charge in [-0.05, 0) is 104 Å². The van der Waals surface area contributed by atoms with E-state index in [1.165, 1.54) is 76.9 Å². The summed E-state index contributed by atoms with van der Waals surface area (Å²) < 4.78 is 2.11. The maximum atomic E-state index is 12.8. The van der Waals surface area contributed by atoms with E-state index >= 15 is 0 Å². The zero-order valence-corrected chi connectivity index (χ0v) is 22.6. The van der Waals surface area contributed by atoms with Crippen molar-refractivity contribution in [2.24, 2.45) is 5.92 Å². The lowest BCUT2D eigenvalue weighted by atomic mass is 9.70. The van der Waals surface area contributed by atoms with Gasteiger partial charge in [0.2, 0.25) is 0 Å². The van der Waals surface area contributed by atoms with Crippen LogP contribution in [0.3, 0.4) is 0 Å². The molecular formula is C32H40N4O. The third-order valence-electron chi connectivity index (χ3n) is 9.00. The van der Waals surface area contributed by atoms with Gasteiger partial charge in [-0.25, -0.2) is 0 Å². The summed E-state index contributed by atoms with van der Waals surface area (Å²) in [5.74, 6) is 0.527. The predicted octanol–water partition coefficient (Wildman–Crippen LogP) is 5.50. The molecule has 2 aromatic rings. The van der Waals surface area contributed by atoms with E-state index in [4.69, 9.17) is 5.10 Å². The molecule has 1 aromatic heterocycles. The van der Waals surface area contributed by atoms with Gasteiger partial charge in [0.1, 0.15) is 0 Å². The fraction of sp³-hybridized carbons (Fsp3) is 0.500. The first-order valence-electron chi connectivity index (χ1n) is 14.2. The summed E-state index contributed by atoms with van der Waals surface area (Å²) in [5, 5.41) is 8.47. The first-order chi connectivity index (χ1) is 18.0. The molecular weight excluding hydrogens is 456 g/mol. The Morgan fingerprint density at radius 1 is 1.11 bits per heavy atom. The minimum Gasteiger partial charge on any atom is -0.301 e. The summed E-state index contributed by atoms with van der Waals surface area (Å²) in [6.07, 6.45) is 18.0. The van der Waals surface area contributed by atoms with Gasteiger partial charge >= 0.3 is 0 Å². The van der Waals surface area contributed by atoms with Crippen LogP contribution in [-0.4, -0.2) is 52.2 Å². The molecule has 3 atom stereocenters. The second-order valence-electron chi connectivity index (χ2n) is 11.5. The minimum atomic E-state index is -0.193. The first kappa shape index (κ1) is 24.6. The Morgan fingerprint density at radius 3 is 2.70 bits per heavy atom. The van der Waals surface area contributed by atoms with Crippen molar-refractivity contribution in [3.8, 4) is 11.1 Å². The van der Waals surface area contributed by atoms with Crippen molar-refractivity contribution < 1.29 is 4.79 Å². The molecule has 2 aliphatic heterocycles. The molecule has 1 N–H and O–H groups in total. The zero-order chi connectivity index (χ0) is 25.5. The number of aromatic nitrogens is 2. The standard InChI is InChI=1S/C32H40N4O/c1-21-17-25-11-12-27-30(22(2)31(24-9-5-6-10-24)34-32(27)23(3)37)29(25)18-28(21)26-19-33-36(20-26)16-15-35-13-7-4-8-14-35/h5,9-10,17-20,22,31-32,34H,4,6-8,11-16H2,1-3H3. The SMILES string of the molecule is CC(=O)C1NC(C2=CCC=C2)C(C)C2=C1CCc1cc(C)c(-c3cnn(CCN4CCCCC4)c3)cc12. The molecule has 0 amide bonds. The number of rotatable bonds is 6. The highest BCUT2D eigenvalue weighted by molar-refractivity contribution is 5.91. The number of allylic oxidation sites excluding steroid dienone is 2. The number of likely N-dealkylation sites (tertiary alicyclic amines) is 1. The molecule has 3 unspecified atom stereocenters. The second kappa shape index (κ2) is 10.2. The molecule has 0 saturated carbocycles. The molecule has 0 spiro atoms. The Balaban J connectivity index is 1.33. The average molecular weight is 497 g/mol. The van der Waals surface area contributed by atoms with Crippen molar-refractivity contribution in [2.75, 3.05) is 19.6 Å². The van der Waals surface area contributed by atoms with Gasteiger partial charge in [-0.15, -0.1) is 0 Å². The molecule has 37 heavy (non-hydrogen) atoms. The van der Waals surface area contributed by atoms with Gasteiger partial charge in [-0.2, -0.15) is 5.10 Å². The molecule has 194 valence electrons. The Labute approximate surface area is 221 Å². The molecule has 1 saturated heterocycles. The fourth-order valence-corrected chi connectivity index (χ4v) is 7.05. The molecule has 3 heterocycles. The van der Waals surface area contributed by atoms with Crippen molar-refractivity contribution >= 4 is 11.4 Å². The number of piperidine rings is 1. The van der Waals surface area contributed by atoms with E-state index in [-0.39, 0.29) is 17.9 Å². The number of aryl methyl sites for hydroxylation is 2. The van der Waals surface area contributed by atoms with Crippen LogP contribution < -0.4 is 5.32 Å². The summed E-state index contributed by atoms with van der Waals surface area (Å²) in [4.78, 5) is 15.4. The first-order valence-corrected chi connectivity index (χ1v) is 14.2. The van der Waals surface area contributed by atoms with E-state index in [2.05, 4.69) is 65.3 Å². The minimum absolute atomic E-state index is 0.166. The Bertz CT molecular complexity index is 1290. The summed E-state index contributed by atoms with van der Waals surface area (Å²) in [6.45, 7) is 10.8. The Kier molecular flexibility index (Phi) is 6.76. The summed E-state index contributed by atoms with van der Waals surface area (Å²) in [7, 11) is 0. The van der Waals surface area contributed by atoms with Crippen LogP contribution in [0.2, 0.25) is 0 Å². The van der Waals surface area contributed by atoms with Crippen LogP contribution >= 0.6 is 0 Å². The predicted molar refractivity (Wildman–Crippen MR) is 150 cm³/mol. The number of fused-ring (bicyclic) bond motifs is 2. The average Bonchev–Trinajstić information content (AvgIpc) is 3.60. The maximum Gasteiger partial charge on any atom is 0.150 e.